The molecule has 0 aliphatic rings. The van der Waals surface area contributed by atoms with Crippen LogP contribution in [0.5, 0.6) is 0 Å². The molecular formula is C14H13N3O3S. The Kier molecular flexibility index (Phi) is 4.78. The molecule has 0 fully saturated rings. The minimum Gasteiger partial charge on any atom is -0.478 e. The lowest BCUT2D eigenvalue weighted by Crippen LogP contribution is -2.23. The number of carboxylic acid groups (broad SMARTS) is 1. The van der Waals surface area contributed by atoms with Crippen molar-refractivity contribution in [2.75, 3.05) is 0 Å². The lowest BCUT2D eigenvalue weighted by atomic mass is 10.1. The summed E-state index contributed by atoms with van der Waals surface area (Å²) < 4.78 is 0. The zero-order chi connectivity index (χ0) is 15.2. The van der Waals surface area contributed by atoms with Gasteiger partial charge in [-0.2, -0.15) is 0 Å². The normalized spacial score (nSPS) is 10.7. The van der Waals surface area contributed by atoms with Gasteiger partial charge >= 0.3 is 5.97 Å². The molecule has 1 amide bonds. The summed E-state index contributed by atoms with van der Waals surface area (Å²) in [6.45, 7) is 2.28. The third kappa shape index (κ3) is 4.22. The van der Waals surface area contributed by atoms with Crippen molar-refractivity contribution in [3.05, 3.63) is 51.7 Å². The number of aryl methyl sites for hydroxylation is 1. The molecule has 0 aliphatic carbocycles. The van der Waals surface area contributed by atoms with Crippen LogP contribution >= 0.6 is 11.3 Å². The molecule has 6 nitrogen and oxygen atoms in total. The van der Waals surface area contributed by atoms with E-state index in [4.69, 9.17) is 5.11 Å². The van der Waals surface area contributed by atoms with Crippen LogP contribution in [0.2, 0.25) is 0 Å². The van der Waals surface area contributed by atoms with Gasteiger partial charge in [0, 0.05) is 40.7 Å². The van der Waals surface area contributed by atoms with Crippen molar-refractivity contribution >= 4 is 29.3 Å². The number of aromatic nitrogens is 2. The van der Waals surface area contributed by atoms with Crippen molar-refractivity contribution < 1.29 is 14.7 Å². The van der Waals surface area contributed by atoms with Crippen molar-refractivity contribution in [2.45, 2.75) is 13.5 Å². The van der Waals surface area contributed by atoms with Gasteiger partial charge in [-0.15, -0.1) is 11.3 Å². The Labute approximate surface area is 125 Å². The van der Waals surface area contributed by atoms with Gasteiger partial charge in [0.25, 0.3) is 5.91 Å². The molecular weight excluding hydrogens is 290 g/mol. The number of carbonyl (C=O) groups is 2. The summed E-state index contributed by atoms with van der Waals surface area (Å²) in [6.07, 6.45) is 6.98. The van der Waals surface area contributed by atoms with Crippen LogP contribution in [0, 0.1) is 6.92 Å². The highest BCUT2D eigenvalue weighted by Crippen LogP contribution is 2.12. The molecule has 108 valence electrons. The van der Waals surface area contributed by atoms with Crippen LogP contribution in [-0.2, 0) is 11.3 Å². The van der Waals surface area contributed by atoms with Gasteiger partial charge in [-0.1, -0.05) is 0 Å². The number of hydrogen-bond acceptors (Lipinski definition) is 5. The Morgan fingerprint density at radius 2 is 2.24 bits per heavy atom. The average molecular weight is 303 g/mol. The topological polar surface area (TPSA) is 92.2 Å². The maximum atomic E-state index is 12.2. The Hall–Kier alpha value is -2.54. The predicted octanol–water partition coefficient (Wildman–Crippen LogP) is 1.87. The molecule has 2 rings (SSSR count). The highest BCUT2D eigenvalue weighted by atomic mass is 32.1. The molecule has 2 heterocycles. The molecule has 2 N–H and O–H groups in total. The number of amides is 1. The number of nitrogens with one attached hydrogen (secondary N) is 1. The first-order valence-electron chi connectivity index (χ1n) is 6.11. The third-order valence-electron chi connectivity index (χ3n) is 2.59. The van der Waals surface area contributed by atoms with Gasteiger partial charge < -0.3 is 10.4 Å². The van der Waals surface area contributed by atoms with E-state index in [1.807, 2.05) is 6.92 Å². The van der Waals surface area contributed by atoms with E-state index in [1.165, 1.54) is 29.8 Å². The van der Waals surface area contributed by atoms with Crippen molar-refractivity contribution in [1.82, 2.24) is 15.3 Å². The van der Waals surface area contributed by atoms with Crippen LogP contribution in [0.25, 0.3) is 6.08 Å². The second-order valence-electron chi connectivity index (χ2n) is 4.16. The highest BCUT2D eigenvalue weighted by molar-refractivity contribution is 7.11. The molecule has 0 aromatic carbocycles. The summed E-state index contributed by atoms with van der Waals surface area (Å²) in [5.74, 6) is -1.36. The van der Waals surface area contributed by atoms with Crippen LogP contribution in [-0.4, -0.2) is 27.0 Å². The summed E-state index contributed by atoms with van der Waals surface area (Å²) in [5, 5.41) is 12.4. The SMILES string of the molecule is Cc1ncc(CNC(=O)c2ccncc2C=CC(=O)O)s1. The summed E-state index contributed by atoms with van der Waals surface area (Å²) in [6, 6.07) is 1.55. The van der Waals surface area contributed by atoms with Crippen LogP contribution in [0.1, 0.15) is 25.8 Å². The molecule has 0 atom stereocenters. The largest absolute Gasteiger partial charge is 0.478 e. The van der Waals surface area contributed by atoms with Gasteiger partial charge in [0.2, 0.25) is 0 Å². The van der Waals surface area contributed by atoms with E-state index in [0.717, 1.165) is 16.0 Å². The molecule has 0 aliphatic heterocycles. The average Bonchev–Trinajstić information content (AvgIpc) is 2.88. The van der Waals surface area contributed by atoms with E-state index in [1.54, 1.807) is 12.3 Å². The van der Waals surface area contributed by atoms with Gasteiger partial charge in [0.15, 0.2) is 0 Å². The minimum atomic E-state index is -1.08. The number of rotatable bonds is 5. The van der Waals surface area contributed by atoms with Gasteiger partial charge in [-0.3, -0.25) is 9.78 Å². The van der Waals surface area contributed by atoms with Gasteiger partial charge in [0.1, 0.15) is 0 Å². The van der Waals surface area contributed by atoms with Gasteiger partial charge in [-0.25, -0.2) is 9.78 Å². The van der Waals surface area contributed by atoms with Crippen molar-refractivity contribution in [2.24, 2.45) is 0 Å². The second kappa shape index (κ2) is 6.76. The minimum absolute atomic E-state index is 0.284. The zero-order valence-electron chi connectivity index (χ0n) is 11.2. The first-order valence-corrected chi connectivity index (χ1v) is 6.92. The van der Waals surface area contributed by atoms with Crippen LogP contribution < -0.4 is 5.32 Å². The summed E-state index contributed by atoms with van der Waals surface area (Å²) >= 11 is 1.51. The number of nitrogens with zero attached hydrogens (tertiary/aromatic N) is 2. The van der Waals surface area contributed by atoms with Crippen molar-refractivity contribution in [3.63, 3.8) is 0 Å². The van der Waals surface area contributed by atoms with Crippen LogP contribution in [0.15, 0.2) is 30.7 Å². The molecule has 0 spiro atoms. The molecule has 0 radical (unpaired) electrons. The number of carbonyl (C=O) groups excluding carboxylic acids is 1. The molecule has 0 unspecified atom stereocenters. The van der Waals surface area contributed by atoms with E-state index >= 15 is 0 Å². The van der Waals surface area contributed by atoms with Gasteiger partial charge in [0.05, 0.1) is 11.6 Å². The first-order chi connectivity index (χ1) is 10.1. The molecule has 0 saturated carbocycles. The Morgan fingerprint density at radius 3 is 2.90 bits per heavy atom. The van der Waals surface area contributed by atoms with E-state index < -0.39 is 5.97 Å². The number of hydrogen-bond donors (Lipinski definition) is 2. The number of pyridine rings is 1. The van der Waals surface area contributed by atoms with E-state index in [0.29, 0.717) is 17.7 Å². The Balaban J connectivity index is 2.10. The lowest BCUT2D eigenvalue weighted by molar-refractivity contribution is -0.131. The molecule has 7 heteroatoms. The predicted molar refractivity (Wildman–Crippen MR) is 78.9 cm³/mol. The number of aliphatic carboxylic acids is 1. The van der Waals surface area contributed by atoms with E-state index in [2.05, 4.69) is 15.3 Å². The Morgan fingerprint density at radius 1 is 1.43 bits per heavy atom. The summed E-state index contributed by atoms with van der Waals surface area (Å²) in [5.41, 5.74) is 0.835. The number of thiazole rings is 1. The Bertz CT molecular complexity index is 694. The fourth-order valence-corrected chi connectivity index (χ4v) is 2.39. The maximum absolute atomic E-state index is 12.2. The summed E-state index contributed by atoms with van der Waals surface area (Å²) in [7, 11) is 0. The smallest absolute Gasteiger partial charge is 0.328 e. The summed E-state index contributed by atoms with van der Waals surface area (Å²) in [4.78, 5) is 31.7. The lowest BCUT2D eigenvalue weighted by Gasteiger charge is -2.06. The van der Waals surface area contributed by atoms with Gasteiger partial charge in [-0.05, 0) is 19.1 Å². The van der Waals surface area contributed by atoms with E-state index in [9.17, 15) is 9.59 Å². The molecule has 0 bridgehead atoms. The maximum Gasteiger partial charge on any atom is 0.328 e. The molecule has 0 saturated heterocycles. The van der Waals surface area contributed by atoms with Crippen molar-refractivity contribution in [3.8, 4) is 0 Å². The number of carboxylic acids is 1. The standard InChI is InChI=1S/C14H13N3O3S/c1-9-16-7-11(21-9)8-17-14(20)12-4-5-15-6-10(12)2-3-13(18)19/h2-7H,8H2,1H3,(H,17,20)(H,18,19). The molecule has 21 heavy (non-hydrogen) atoms. The fourth-order valence-electron chi connectivity index (χ4n) is 1.66. The van der Waals surface area contributed by atoms with Crippen LogP contribution in [0.4, 0.5) is 0 Å². The second-order valence-corrected chi connectivity index (χ2v) is 5.48. The fraction of sp³-hybridized carbons (Fsp3) is 0.143. The monoisotopic (exact) mass is 303 g/mol. The van der Waals surface area contributed by atoms with Crippen LogP contribution in [0.3, 0.4) is 0 Å². The molecule has 2 aromatic rings. The molecule has 2 aromatic heterocycles. The third-order valence-corrected chi connectivity index (χ3v) is 3.51. The first kappa shape index (κ1) is 14.9. The highest BCUT2D eigenvalue weighted by Gasteiger charge is 2.10. The van der Waals surface area contributed by atoms with Crippen molar-refractivity contribution in [1.29, 1.82) is 0 Å². The zero-order valence-corrected chi connectivity index (χ0v) is 12.1. The quantitative estimate of drug-likeness (QED) is 0.823. The van der Waals surface area contributed by atoms with E-state index in [-0.39, 0.29) is 5.91 Å².